The molecule has 3 aromatic rings. The zero-order valence-corrected chi connectivity index (χ0v) is 28.8. The van der Waals surface area contributed by atoms with Crippen LogP contribution in [0.4, 0.5) is 4.79 Å². The number of morpholine rings is 1. The summed E-state index contributed by atoms with van der Waals surface area (Å²) in [6.45, 7) is 15.8. The van der Waals surface area contributed by atoms with Crippen LogP contribution in [0.2, 0.25) is 0 Å². The number of hydrogen-bond donors (Lipinski definition) is 2. The lowest BCUT2D eigenvalue weighted by atomic mass is 9.76. The molecule has 248 valence electrons. The summed E-state index contributed by atoms with van der Waals surface area (Å²) in [4.78, 5) is 39.5. The van der Waals surface area contributed by atoms with Crippen LogP contribution < -0.4 is 5.32 Å². The smallest absolute Gasteiger partial charge is 0.320 e. The van der Waals surface area contributed by atoms with Crippen LogP contribution in [-0.4, -0.2) is 110 Å². The van der Waals surface area contributed by atoms with Gasteiger partial charge in [0.25, 0.3) is 0 Å². The molecule has 2 aromatic heterocycles. The minimum atomic E-state index is -0.564. The molecule has 1 saturated carbocycles. The molecule has 2 N–H and O–H groups in total. The van der Waals surface area contributed by atoms with Crippen molar-refractivity contribution in [1.82, 2.24) is 25.0 Å². The highest BCUT2D eigenvalue weighted by Gasteiger charge is 2.50. The molecule has 2 amide bonds. The Balaban J connectivity index is 1.17. The fourth-order valence-electron chi connectivity index (χ4n) is 8.36. The Bertz CT molecular complexity index is 1560. The van der Waals surface area contributed by atoms with E-state index in [4.69, 9.17) is 9.47 Å². The first-order valence-corrected chi connectivity index (χ1v) is 17.8. The summed E-state index contributed by atoms with van der Waals surface area (Å²) in [7, 11) is 1.80. The van der Waals surface area contributed by atoms with E-state index in [1.54, 1.807) is 18.4 Å². The summed E-state index contributed by atoms with van der Waals surface area (Å²) in [6.07, 6.45) is 2.09. The van der Waals surface area contributed by atoms with Crippen molar-refractivity contribution >= 4 is 33.4 Å². The van der Waals surface area contributed by atoms with Gasteiger partial charge in [-0.15, -0.1) is 11.3 Å². The van der Waals surface area contributed by atoms with Crippen LogP contribution >= 0.6 is 11.3 Å². The van der Waals surface area contributed by atoms with Gasteiger partial charge in [0, 0.05) is 80.7 Å². The van der Waals surface area contributed by atoms with Crippen molar-refractivity contribution < 1.29 is 19.1 Å². The number of methoxy groups -OCH3 is 1. The molecular formula is C36H49N5O4S. The van der Waals surface area contributed by atoms with E-state index in [0.29, 0.717) is 57.1 Å². The number of nitrogens with zero attached hydrogens (tertiary/aromatic N) is 3. The number of carbonyl (C=O) groups is 2. The zero-order valence-electron chi connectivity index (χ0n) is 28.0. The van der Waals surface area contributed by atoms with E-state index in [0.717, 1.165) is 70.9 Å². The largest absolute Gasteiger partial charge is 0.378 e. The van der Waals surface area contributed by atoms with Gasteiger partial charge in [0.15, 0.2) is 0 Å². The van der Waals surface area contributed by atoms with Crippen LogP contribution in [-0.2, 0) is 19.7 Å². The number of hydrogen-bond acceptors (Lipinski definition) is 7. The second-order valence-electron chi connectivity index (χ2n) is 14.4. The van der Waals surface area contributed by atoms with Gasteiger partial charge in [-0.3, -0.25) is 9.69 Å². The fourth-order valence-corrected chi connectivity index (χ4v) is 9.54. The van der Waals surface area contributed by atoms with Crippen LogP contribution in [0.25, 0.3) is 21.5 Å². The number of benzene rings is 1. The number of Topliss-reactive ketones (excluding diaryl/α,β-unsaturated/α-hetero) is 1. The monoisotopic (exact) mass is 647 g/mol. The van der Waals surface area contributed by atoms with Crippen LogP contribution in [0.3, 0.4) is 0 Å². The summed E-state index contributed by atoms with van der Waals surface area (Å²) >= 11 is 1.72. The normalized spacial score (nSPS) is 24.7. The predicted octanol–water partition coefficient (Wildman–Crippen LogP) is 5.12. The Kier molecular flexibility index (Phi) is 8.78. The van der Waals surface area contributed by atoms with E-state index in [1.165, 1.54) is 11.1 Å². The summed E-state index contributed by atoms with van der Waals surface area (Å²) in [5.74, 6) is 0.954. The Hall–Kier alpha value is -2.76. The minimum Gasteiger partial charge on any atom is -0.378 e. The van der Waals surface area contributed by atoms with E-state index in [9.17, 15) is 9.59 Å². The third-order valence-corrected chi connectivity index (χ3v) is 12.3. The number of nitrogens with one attached hydrogen (secondary N) is 2. The highest BCUT2D eigenvalue weighted by atomic mass is 32.1. The van der Waals surface area contributed by atoms with E-state index < -0.39 is 5.41 Å². The number of urea groups is 1. The number of amides is 2. The van der Waals surface area contributed by atoms with Gasteiger partial charge in [-0.25, -0.2) is 4.79 Å². The third-order valence-electron chi connectivity index (χ3n) is 11.0. The summed E-state index contributed by atoms with van der Waals surface area (Å²) in [5, 5.41) is 4.74. The summed E-state index contributed by atoms with van der Waals surface area (Å²) < 4.78 is 11.8. The van der Waals surface area contributed by atoms with Crippen molar-refractivity contribution in [2.75, 3.05) is 72.7 Å². The number of fused-ring (bicyclic) bond motifs is 3. The molecule has 4 fully saturated rings. The predicted molar refractivity (Wildman–Crippen MR) is 183 cm³/mol. The molecule has 9 nitrogen and oxygen atoms in total. The molecule has 7 rings (SSSR count). The van der Waals surface area contributed by atoms with Crippen LogP contribution in [0.15, 0.2) is 24.3 Å². The van der Waals surface area contributed by atoms with Crippen molar-refractivity contribution in [1.29, 1.82) is 0 Å². The van der Waals surface area contributed by atoms with Gasteiger partial charge >= 0.3 is 6.03 Å². The number of H-pyrrole nitrogens is 1. The zero-order chi connectivity index (χ0) is 32.2. The second-order valence-corrected chi connectivity index (χ2v) is 15.5. The van der Waals surface area contributed by atoms with E-state index >= 15 is 0 Å². The highest BCUT2D eigenvalue weighted by Crippen LogP contribution is 2.47. The van der Waals surface area contributed by atoms with Crippen LogP contribution in [0.1, 0.15) is 54.4 Å². The molecule has 2 bridgehead atoms. The van der Waals surface area contributed by atoms with Gasteiger partial charge in [-0.1, -0.05) is 17.2 Å². The van der Waals surface area contributed by atoms with Gasteiger partial charge in [-0.2, -0.15) is 0 Å². The van der Waals surface area contributed by atoms with Crippen LogP contribution in [0, 0.1) is 25.7 Å². The number of ketones is 1. The number of piperazine rings is 1. The molecule has 4 unspecified atom stereocenters. The molecule has 4 aliphatic rings. The number of piperidine rings is 1. The first kappa shape index (κ1) is 31.8. The first-order valence-electron chi connectivity index (χ1n) is 17.0. The molecule has 0 radical (unpaired) electrons. The average Bonchev–Trinajstić information content (AvgIpc) is 3.84. The maximum atomic E-state index is 14.1. The Morgan fingerprint density at radius 3 is 2.30 bits per heavy atom. The summed E-state index contributed by atoms with van der Waals surface area (Å²) in [6, 6.07) is 9.41. The maximum Gasteiger partial charge on any atom is 0.320 e. The number of rotatable bonds is 8. The number of thiophene rings is 1. The number of ether oxygens (including phenoxy) is 2. The Labute approximate surface area is 276 Å². The summed E-state index contributed by atoms with van der Waals surface area (Å²) in [5.41, 5.74) is 5.29. The van der Waals surface area contributed by atoms with Gasteiger partial charge < -0.3 is 29.6 Å². The van der Waals surface area contributed by atoms with Crippen molar-refractivity contribution in [3.05, 3.63) is 45.8 Å². The van der Waals surface area contributed by atoms with Crippen LogP contribution in [0.5, 0.6) is 0 Å². The quantitative estimate of drug-likeness (QED) is 0.353. The van der Waals surface area contributed by atoms with Gasteiger partial charge in [0.1, 0.15) is 10.6 Å². The number of aromatic nitrogens is 1. The van der Waals surface area contributed by atoms with E-state index in [1.807, 2.05) is 9.80 Å². The van der Waals surface area contributed by atoms with Crippen molar-refractivity contribution in [2.24, 2.45) is 11.8 Å². The number of carbonyl (C=O) groups excluding carboxylic acids is 2. The van der Waals surface area contributed by atoms with Crippen molar-refractivity contribution in [3.8, 4) is 11.3 Å². The standard InChI is InChI=1S/C36H49N5O4S/c1-22-16-23(2)18-25(17-22)32-31(28(44-5)21-39-8-10-40(11-9-39)35(43)41-12-14-45-15-13-41)26-19-29(46-34(26)38-32)36(3,4)33(42)30-24-6-7-27(30)37-20-24/h16-19,24,27-28,30,37-38H,6-15,20-21H2,1-5H3. The lowest BCUT2D eigenvalue weighted by Crippen LogP contribution is -2.55. The Morgan fingerprint density at radius 2 is 1.70 bits per heavy atom. The first-order chi connectivity index (χ1) is 22.1. The van der Waals surface area contributed by atoms with Gasteiger partial charge in [-0.05, 0) is 76.8 Å². The molecule has 0 spiro atoms. The van der Waals surface area contributed by atoms with E-state index in [-0.39, 0.29) is 18.1 Å². The molecule has 46 heavy (non-hydrogen) atoms. The molecule has 3 saturated heterocycles. The molecule has 1 aromatic carbocycles. The minimum absolute atomic E-state index is 0.112. The maximum absolute atomic E-state index is 14.1. The molecular weight excluding hydrogens is 598 g/mol. The SMILES string of the molecule is COC(CN1CCN(C(=O)N2CCOCC2)CC1)c1c(-c2cc(C)cc(C)c2)[nH]c2sc(C(C)(C)C(=O)C3C4CCC3NC4)cc12. The molecule has 3 aliphatic heterocycles. The van der Waals surface area contributed by atoms with Gasteiger partial charge in [0.2, 0.25) is 0 Å². The molecule has 5 heterocycles. The molecule has 4 atom stereocenters. The van der Waals surface area contributed by atoms with Crippen molar-refractivity contribution in [2.45, 2.75) is 58.1 Å². The molecule has 1 aliphatic carbocycles. The highest BCUT2D eigenvalue weighted by molar-refractivity contribution is 7.19. The lowest BCUT2D eigenvalue weighted by molar-refractivity contribution is -0.128. The molecule has 10 heteroatoms. The average molecular weight is 648 g/mol. The van der Waals surface area contributed by atoms with E-state index in [2.05, 4.69) is 67.2 Å². The topological polar surface area (TPSA) is 90.1 Å². The third kappa shape index (κ3) is 5.81. The number of aromatic amines is 1. The lowest BCUT2D eigenvalue weighted by Gasteiger charge is -2.39. The number of aryl methyl sites for hydroxylation is 2. The second kappa shape index (κ2) is 12.7. The Morgan fingerprint density at radius 1 is 1.00 bits per heavy atom. The fraction of sp³-hybridized carbons (Fsp3) is 0.611. The van der Waals surface area contributed by atoms with Crippen molar-refractivity contribution in [3.63, 3.8) is 0 Å². The van der Waals surface area contributed by atoms with Gasteiger partial charge in [0.05, 0.1) is 30.4 Å².